The van der Waals surface area contributed by atoms with E-state index in [0.29, 0.717) is 28.2 Å². The summed E-state index contributed by atoms with van der Waals surface area (Å²) in [5.74, 6) is 0.0529. The average Bonchev–Trinajstić information content (AvgIpc) is 2.78. The molecule has 0 N–H and O–H groups in total. The van der Waals surface area contributed by atoms with E-state index < -0.39 is 0 Å². The molecule has 0 saturated carbocycles. The number of para-hydroxylation sites is 1. The van der Waals surface area contributed by atoms with Crippen molar-refractivity contribution in [3.05, 3.63) is 63.6 Å². The quantitative estimate of drug-likeness (QED) is 0.769. The number of anilines is 1. The van der Waals surface area contributed by atoms with E-state index in [1.807, 2.05) is 12.1 Å². The van der Waals surface area contributed by atoms with E-state index in [1.54, 1.807) is 18.2 Å². The molecular weight excluding hydrogens is 305 g/mol. The molecule has 1 aliphatic heterocycles. The Morgan fingerprint density at radius 2 is 1.95 bits per heavy atom. The normalized spacial score (nSPS) is 16.9. The topological polar surface area (TPSA) is 20.3 Å². The number of hydrogen-bond donors (Lipinski definition) is 0. The highest BCUT2D eigenvalue weighted by molar-refractivity contribution is 6.42. The van der Waals surface area contributed by atoms with Gasteiger partial charge in [-0.3, -0.25) is 4.79 Å². The first-order valence-corrected chi connectivity index (χ1v) is 7.64. The molecule has 21 heavy (non-hydrogen) atoms. The molecule has 2 aromatic carbocycles. The molecule has 108 valence electrons. The molecule has 0 amide bonds. The van der Waals surface area contributed by atoms with Gasteiger partial charge in [-0.15, -0.1) is 0 Å². The Morgan fingerprint density at radius 1 is 1.19 bits per heavy atom. The number of halogens is 2. The second-order valence-electron chi connectivity index (χ2n) is 5.36. The Labute approximate surface area is 134 Å². The van der Waals surface area contributed by atoms with E-state index in [0.717, 1.165) is 12.1 Å². The molecule has 0 aliphatic carbocycles. The second-order valence-corrected chi connectivity index (χ2v) is 6.18. The van der Waals surface area contributed by atoms with Crippen molar-refractivity contribution in [2.45, 2.75) is 19.4 Å². The summed E-state index contributed by atoms with van der Waals surface area (Å²) in [6.07, 6.45) is 0.977. The zero-order valence-corrected chi connectivity index (χ0v) is 13.2. The van der Waals surface area contributed by atoms with Crippen molar-refractivity contribution < 1.29 is 4.79 Å². The van der Waals surface area contributed by atoms with Gasteiger partial charge >= 0.3 is 0 Å². The smallest absolute Gasteiger partial charge is 0.182 e. The van der Waals surface area contributed by atoms with E-state index >= 15 is 0 Å². The van der Waals surface area contributed by atoms with E-state index in [2.05, 4.69) is 24.0 Å². The Bertz CT molecular complexity index is 699. The van der Waals surface area contributed by atoms with Crippen LogP contribution < -0.4 is 4.90 Å². The summed E-state index contributed by atoms with van der Waals surface area (Å²) in [4.78, 5) is 14.6. The van der Waals surface area contributed by atoms with Crippen LogP contribution in [0.15, 0.2) is 42.5 Å². The fraction of sp³-hybridized carbons (Fsp3) is 0.235. The van der Waals surface area contributed by atoms with Gasteiger partial charge in [0, 0.05) is 17.3 Å². The summed E-state index contributed by atoms with van der Waals surface area (Å²) < 4.78 is 0. The highest BCUT2D eigenvalue weighted by Gasteiger charge is 2.27. The van der Waals surface area contributed by atoms with Gasteiger partial charge < -0.3 is 4.90 Å². The first-order chi connectivity index (χ1) is 10.1. The van der Waals surface area contributed by atoms with Crippen molar-refractivity contribution in [3.63, 3.8) is 0 Å². The predicted molar refractivity (Wildman–Crippen MR) is 87.7 cm³/mol. The second kappa shape index (κ2) is 5.70. The fourth-order valence-corrected chi connectivity index (χ4v) is 3.08. The first-order valence-electron chi connectivity index (χ1n) is 6.89. The van der Waals surface area contributed by atoms with E-state index in [9.17, 15) is 4.79 Å². The number of nitrogens with zero attached hydrogens (tertiary/aromatic N) is 1. The summed E-state index contributed by atoms with van der Waals surface area (Å²) in [7, 11) is 0. The van der Waals surface area contributed by atoms with Gasteiger partial charge in [0.05, 0.1) is 16.6 Å². The average molecular weight is 320 g/mol. The van der Waals surface area contributed by atoms with Gasteiger partial charge in [-0.1, -0.05) is 41.4 Å². The lowest BCUT2D eigenvalue weighted by atomic mass is 10.1. The van der Waals surface area contributed by atoms with Crippen LogP contribution in [0.1, 0.15) is 22.8 Å². The molecule has 4 heteroatoms. The molecule has 1 heterocycles. The van der Waals surface area contributed by atoms with Gasteiger partial charge in [0.1, 0.15) is 0 Å². The van der Waals surface area contributed by atoms with E-state index in [1.165, 1.54) is 5.56 Å². The molecule has 0 aromatic heterocycles. The number of carbonyl (C=O) groups excluding carboxylic acids is 1. The van der Waals surface area contributed by atoms with Crippen LogP contribution in [0, 0.1) is 0 Å². The maximum atomic E-state index is 12.5. The van der Waals surface area contributed by atoms with Crippen LogP contribution in [-0.2, 0) is 6.42 Å². The van der Waals surface area contributed by atoms with Crippen LogP contribution in [0.5, 0.6) is 0 Å². The Hall–Kier alpha value is -1.51. The fourth-order valence-electron chi connectivity index (χ4n) is 2.79. The standard InChI is InChI=1S/C17H15Cl2NO/c1-11-8-12-4-2-3-5-16(12)20(11)10-17(21)13-6-7-14(18)15(19)9-13/h2-7,9,11H,8,10H2,1H3. The van der Waals surface area contributed by atoms with Gasteiger partial charge in [0.25, 0.3) is 0 Å². The third kappa shape index (κ3) is 2.78. The van der Waals surface area contributed by atoms with Gasteiger partial charge in [-0.25, -0.2) is 0 Å². The van der Waals surface area contributed by atoms with Crippen molar-refractivity contribution in [3.8, 4) is 0 Å². The molecule has 2 nitrogen and oxygen atoms in total. The minimum atomic E-state index is 0.0529. The van der Waals surface area contributed by atoms with Gasteiger partial charge in [0.2, 0.25) is 0 Å². The molecule has 1 atom stereocenters. The number of hydrogen-bond acceptors (Lipinski definition) is 2. The first kappa shape index (κ1) is 14.4. The molecule has 0 saturated heterocycles. The van der Waals surface area contributed by atoms with Crippen molar-refractivity contribution in [1.29, 1.82) is 0 Å². The number of carbonyl (C=O) groups is 1. The largest absolute Gasteiger partial charge is 0.361 e. The van der Waals surface area contributed by atoms with Gasteiger partial charge in [-0.05, 0) is 43.2 Å². The maximum absolute atomic E-state index is 12.5. The van der Waals surface area contributed by atoms with Crippen LogP contribution in [0.4, 0.5) is 5.69 Å². The third-order valence-electron chi connectivity index (χ3n) is 3.90. The molecule has 3 rings (SSSR count). The lowest BCUT2D eigenvalue weighted by Crippen LogP contribution is -2.34. The molecule has 1 aliphatic rings. The number of fused-ring (bicyclic) bond motifs is 1. The van der Waals surface area contributed by atoms with Crippen molar-refractivity contribution in [1.82, 2.24) is 0 Å². The zero-order chi connectivity index (χ0) is 15.0. The Morgan fingerprint density at radius 3 is 2.71 bits per heavy atom. The molecule has 0 fully saturated rings. The summed E-state index contributed by atoms with van der Waals surface area (Å²) in [5, 5.41) is 0.880. The predicted octanol–water partition coefficient (Wildman–Crippen LogP) is 4.63. The van der Waals surface area contributed by atoms with Gasteiger partial charge in [-0.2, -0.15) is 0 Å². The SMILES string of the molecule is CC1Cc2ccccc2N1CC(=O)c1ccc(Cl)c(Cl)c1. The zero-order valence-electron chi connectivity index (χ0n) is 11.6. The lowest BCUT2D eigenvalue weighted by molar-refractivity contribution is 0.0997. The van der Waals surface area contributed by atoms with E-state index in [-0.39, 0.29) is 5.78 Å². The summed E-state index contributed by atoms with van der Waals surface area (Å²) >= 11 is 11.9. The number of rotatable bonds is 3. The highest BCUT2D eigenvalue weighted by atomic mass is 35.5. The van der Waals surface area contributed by atoms with Crippen LogP contribution in [0.2, 0.25) is 10.0 Å². The molecular formula is C17H15Cl2NO. The minimum Gasteiger partial charge on any atom is -0.361 e. The third-order valence-corrected chi connectivity index (χ3v) is 4.64. The summed E-state index contributed by atoms with van der Waals surface area (Å²) in [6, 6.07) is 13.6. The van der Waals surface area contributed by atoms with Crippen LogP contribution in [-0.4, -0.2) is 18.4 Å². The van der Waals surface area contributed by atoms with Crippen molar-refractivity contribution in [2.75, 3.05) is 11.4 Å². The van der Waals surface area contributed by atoms with E-state index in [4.69, 9.17) is 23.2 Å². The van der Waals surface area contributed by atoms with Gasteiger partial charge in [0.15, 0.2) is 5.78 Å². The molecule has 0 bridgehead atoms. The number of ketones is 1. The summed E-state index contributed by atoms with van der Waals surface area (Å²) in [5.41, 5.74) is 3.05. The van der Waals surface area contributed by atoms with Crippen molar-refractivity contribution >= 4 is 34.7 Å². The number of Topliss-reactive ketones (excluding diaryl/α,β-unsaturated/α-hetero) is 1. The molecule has 2 aromatic rings. The molecule has 0 spiro atoms. The minimum absolute atomic E-state index is 0.0529. The van der Waals surface area contributed by atoms with Crippen LogP contribution >= 0.6 is 23.2 Å². The summed E-state index contributed by atoms with van der Waals surface area (Å²) in [6.45, 7) is 2.50. The van der Waals surface area contributed by atoms with Crippen LogP contribution in [0.3, 0.4) is 0 Å². The van der Waals surface area contributed by atoms with Crippen LogP contribution in [0.25, 0.3) is 0 Å². The Kier molecular flexibility index (Phi) is 3.92. The number of benzene rings is 2. The Balaban J connectivity index is 1.83. The monoisotopic (exact) mass is 319 g/mol. The van der Waals surface area contributed by atoms with Crippen molar-refractivity contribution in [2.24, 2.45) is 0 Å². The highest BCUT2D eigenvalue weighted by Crippen LogP contribution is 2.32. The molecule has 0 radical (unpaired) electrons. The maximum Gasteiger partial charge on any atom is 0.182 e. The lowest BCUT2D eigenvalue weighted by Gasteiger charge is -2.24. The molecule has 1 unspecified atom stereocenters.